The van der Waals surface area contributed by atoms with Gasteiger partial charge in [0.1, 0.15) is 12.4 Å². The topological polar surface area (TPSA) is 52.0 Å². The van der Waals surface area contributed by atoms with Crippen LogP contribution in [-0.2, 0) is 13.1 Å². The van der Waals surface area contributed by atoms with Gasteiger partial charge in [0.2, 0.25) is 0 Å². The molecule has 0 aliphatic rings. The summed E-state index contributed by atoms with van der Waals surface area (Å²) in [6.45, 7) is 2.18. The van der Waals surface area contributed by atoms with E-state index in [1.807, 2.05) is 29.9 Å². The number of nitrogens with zero attached hydrogens (tertiary/aromatic N) is 3. The maximum absolute atomic E-state index is 5.58. The number of ether oxygens (including phenoxy) is 1. The summed E-state index contributed by atoms with van der Waals surface area (Å²) in [7, 11) is 1.90. The lowest BCUT2D eigenvalue weighted by molar-refractivity contribution is 0.297. The predicted molar refractivity (Wildman–Crippen MR) is 64.7 cm³/mol. The van der Waals surface area contributed by atoms with Gasteiger partial charge in [0.05, 0.1) is 24.8 Å². The van der Waals surface area contributed by atoms with Gasteiger partial charge in [0, 0.05) is 18.9 Å². The number of imidazole rings is 1. The third kappa shape index (κ3) is 3.57. The van der Waals surface area contributed by atoms with Crippen LogP contribution in [0.3, 0.4) is 0 Å². The van der Waals surface area contributed by atoms with Crippen molar-refractivity contribution in [2.45, 2.75) is 13.1 Å². The molecule has 0 spiro atoms. The number of hydrogen-bond acceptors (Lipinski definition) is 4. The normalized spacial score (nSPS) is 10.4. The molecule has 0 saturated heterocycles. The van der Waals surface area contributed by atoms with Crippen LogP contribution >= 0.6 is 0 Å². The number of hydrogen-bond donors (Lipinski definition) is 1. The van der Waals surface area contributed by atoms with Crippen LogP contribution in [0.2, 0.25) is 0 Å². The van der Waals surface area contributed by atoms with Crippen LogP contribution in [0.4, 0.5) is 0 Å². The smallest absolute Gasteiger partial charge is 0.137 e. The Morgan fingerprint density at radius 2 is 2.35 bits per heavy atom. The van der Waals surface area contributed by atoms with Gasteiger partial charge in [-0.05, 0) is 19.2 Å². The van der Waals surface area contributed by atoms with Crippen molar-refractivity contribution in [2.24, 2.45) is 0 Å². The molecule has 0 fully saturated rings. The second-order valence-corrected chi connectivity index (χ2v) is 3.66. The Bertz CT molecular complexity index is 424. The monoisotopic (exact) mass is 232 g/mol. The number of aromatic nitrogens is 3. The highest BCUT2D eigenvalue weighted by Crippen LogP contribution is 2.08. The zero-order valence-corrected chi connectivity index (χ0v) is 9.84. The Morgan fingerprint density at radius 1 is 1.41 bits per heavy atom. The molecule has 17 heavy (non-hydrogen) atoms. The number of pyridine rings is 1. The summed E-state index contributed by atoms with van der Waals surface area (Å²) in [6, 6.07) is 3.90. The van der Waals surface area contributed by atoms with Crippen molar-refractivity contribution < 1.29 is 4.74 Å². The molecule has 0 amide bonds. The molecule has 90 valence electrons. The fourth-order valence-electron chi connectivity index (χ4n) is 1.47. The first-order chi connectivity index (χ1) is 8.38. The van der Waals surface area contributed by atoms with E-state index in [1.165, 1.54) is 0 Å². The number of nitrogens with one attached hydrogen (secondary N) is 1. The van der Waals surface area contributed by atoms with Crippen LogP contribution in [0.5, 0.6) is 5.75 Å². The lowest BCUT2D eigenvalue weighted by atomic mass is 10.3. The van der Waals surface area contributed by atoms with E-state index < -0.39 is 0 Å². The lowest BCUT2D eigenvalue weighted by Gasteiger charge is -2.07. The molecule has 2 heterocycles. The molecule has 2 aromatic heterocycles. The third-order valence-corrected chi connectivity index (χ3v) is 2.33. The van der Waals surface area contributed by atoms with E-state index in [9.17, 15) is 0 Å². The fourth-order valence-corrected chi connectivity index (χ4v) is 1.47. The largest absolute Gasteiger partial charge is 0.490 e. The SMILES string of the molecule is CNCc1ccc(OCCn2ccnc2)cn1. The van der Waals surface area contributed by atoms with Gasteiger partial charge >= 0.3 is 0 Å². The highest BCUT2D eigenvalue weighted by molar-refractivity contribution is 5.19. The summed E-state index contributed by atoms with van der Waals surface area (Å²) in [5.74, 6) is 0.796. The molecule has 0 atom stereocenters. The maximum Gasteiger partial charge on any atom is 0.137 e. The quantitative estimate of drug-likeness (QED) is 0.809. The molecule has 2 rings (SSSR count). The molecule has 0 aromatic carbocycles. The summed E-state index contributed by atoms with van der Waals surface area (Å²) < 4.78 is 7.56. The molecule has 0 bridgehead atoms. The lowest BCUT2D eigenvalue weighted by Crippen LogP contribution is -2.08. The summed E-state index contributed by atoms with van der Waals surface area (Å²) in [5, 5.41) is 3.05. The van der Waals surface area contributed by atoms with Crippen LogP contribution in [-0.4, -0.2) is 28.2 Å². The molecule has 5 nitrogen and oxygen atoms in total. The van der Waals surface area contributed by atoms with Crippen molar-refractivity contribution in [3.8, 4) is 5.75 Å². The van der Waals surface area contributed by atoms with Crippen molar-refractivity contribution in [3.05, 3.63) is 42.7 Å². The Hall–Kier alpha value is -1.88. The third-order valence-electron chi connectivity index (χ3n) is 2.33. The number of rotatable bonds is 6. The predicted octanol–water partition coefficient (Wildman–Crippen LogP) is 1.08. The maximum atomic E-state index is 5.58. The van der Waals surface area contributed by atoms with E-state index in [0.29, 0.717) is 6.61 Å². The summed E-state index contributed by atoms with van der Waals surface area (Å²) in [6.07, 6.45) is 7.20. The Morgan fingerprint density at radius 3 is 3.00 bits per heavy atom. The first kappa shape index (κ1) is 11.6. The van der Waals surface area contributed by atoms with E-state index in [-0.39, 0.29) is 0 Å². The van der Waals surface area contributed by atoms with Crippen molar-refractivity contribution in [1.29, 1.82) is 0 Å². The minimum Gasteiger partial charge on any atom is -0.490 e. The zero-order chi connectivity index (χ0) is 11.9. The summed E-state index contributed by atoms with van der Waals surface area (Å²) >= 11 is 0. The average molecular weight is 232 g/mol. The fraction of sp³-hybridized carbons (Fsp3) is 0.333. The highest BCUT2D eigenvalue weighted by Gasteiger charge is 1.96. The molecular weight excluding hydrogens is 216 g/mol. The summed E-state index contributed by atoms with van der Waals surface area (Å²) in [5.41, 5.74) is 1.01. The van der Waals surface area contributed by atoms with E-state index in [2.05, 4.69) is 15.3 Å². The van der Waals surface area contributed by atoms with Gasteiger partial charge in [-0.2, -0.15) is 0 Å². The van der Waals surface area contributed by atoms with Crippen molar-refractivity contribution in [1.82, 2.24) is 19.9 Å². The van der Waals surface area contributed by atoms with E-state index >= 15 is 0 Å². The van der Waals surface area contributed by atoms with Gasteiger partial charge in [-0.1, -0.05) is 0 Å². The van der Waals surface area contributed by atoms with Gasteiger partial charge in [-0.25, -0.2) is 4.98 Å². The van der Waals surface area contributed by atoms with Gasteiger partial charge in [0.15, 0.2) is 0 Å². The second-order valence-electron chi connectivity index (χ2n) is 3.66. The first-order valence-corrected chi connectivity index (χ1v) is 5.56. The molecule has 5 heteroatoms. The van der Waals surface area contributed by atoms with E-state index in [4.69, 9.17) is 4.74 Å². The Kier molecular flexibility index (Phi) is 4.10. The van der Waals surface area contributed by atoms with Crippen LogP contribution < -0.4 is 10.1 Å². The van der Waals surface area contributed by atoms with E-state index in [1.54, 1.807) is 18.7 Å². The van der Waals surface area contributed by atoms with Crippen LogP contribution in [0, 0.1) is 0 Å². The van der Waals surface area contributed by atoms with Gasteiger partial charge in [0.25, 0.3) is 0 Å². The van der Waals surface area contributed by atoms with Crippen LogP contribution in [0.1, 0.15) is 5.69 Å². The van der Waals surface area contributed by atoms with Crippen molar-refractivity contribution in [2.75, 3.05) is 13.7 Å². The minimum atomic E-state index is 0.614. The van der Waals surface area contributed by atoms with Crippen molar-refractivity contribution >= 4 is 0 Å². The molecule has 0 saturated carbocycles. The molecule has 0 radical (unpaired) electrons. The standard InChI is InChI=1S/C12H16N4O/c1-13-8-11-2-3-12(9-15-11)17-7-6-16-5-4-14-10-16/h2-5,9-10,13H,6-8H2,1H3. The highest BCUT2D eigenvalue weighted by atomic mass is 16.5. The van der Waals surface area contributed by atoms with Gasteiger partial charge in [-0.3, -0.25) is 4.98 Å². The van der Waals surface area contributed by atoms with Gasteiger partial charge < -0.3 is 14.6 Å². The van der Waals surface area contributed by atoms with E-state index in [0.717, 1.165) is 24.5 Å². The Labute approximate surface area is 100 Å². The molecule has 0 aliphatic heterocycles. The second kappa shape index (κ2) is 6.00. The Balaban J connectivity index is 1.79. The van der Waals surface area contributed by atoms with Crippen LogP contribution in [0.15, 0.2) is 37.1 Å². The van der Waals surface area contributed by atoms with Crippen LogP contribution in [0.25, 0.3) is 0 Å². The first-order valence-electron chi connectivity index (χ1n) is 5.56. The zero-order valence-electron chi connectivity index (χ0n) is 9.84. The molecule has 2 aromatic rings. The molecule has 0 unspecified atom stereocenters. The van der Waals surface area contributed by atoms with Gasteiger partial charge in [-0.15, -0.1) is 0 Å². The molecular formula is C12H16N4O. The average Bonchev–Trinajstić information content (AvgIpc) is 2.85. The summed E-state index contributed by atoms with van der Waals surface area (Å²) in [4.78, 5) is 8.25. The molecule has 0 aliphatic carbocycles. The van der Waals surface area contributed by atoms with Crippen molar-refractivity contribution in [3.63, 3.8) is 0 Å². The molecule has 1 N–H and O–H groups in total. The minimum absolute atomic E-state index is 0.614.